The Hall–Kier alpha value is -2.69. The largest absolute Gasteiger partial charge is 0.349 e. The van der Waals surface area contributed by atoms with Gasteiger partial charge in [0, 0.05) is 24.7 Å². The zero-order valence-corrected chi connectivity index (χ0v) is 15.9. The predicted octanol–water partition coefficient (Wildman–Crippen LogP) is 2.45. The SMILES string of the molecule is Cc1ccccc1C(=O)NC1CCN(S(=O)(=O)c2ccccc2C#N)CC1. The summed E-state index contributed by atoms with van der Waals surface area (Å²) in [4.78, 5) is 12.5. The molecule has 1 aliphatic rings. The van der Waals surface area contributed by atoms with Gasteiger partial charge in [-0.05, 0) is 43.5 Å². The molecule has 0 radical (unpaired) electrons. The van der Waals surface area contributed by atoms with E-state index in [0.717, 1.165) is 5.56 Å². The number of carbonyl (C=O) groups is 1. The Bertz CT molecular complexity index is 988. The summed E-state index contributed by atoms with van der Waals surface area (Å²) in [6.45, 7) is 2.50. The second kappa shape index (κ2) is 7.91. The number of carbonyl (C=O) groups excluding carboxylic acids is 1. The lowest BCUT2D eigenvalue weighted by molar-refractivity contribution is 0.0923. The van der Waals surface area contributed by atoms with Gasteiger partial charge in [0.1, 0.15) is 6.07 Å². The van der Waals surface area contributed by atoms with Crippen molar-refractivity contribution in [1.82, 2.24) is 9.62 Å². The Balaban J connectivity index is 1.66. The van der Waals surface area contributed by atoms with Gasteiger partial charge in [0.15, 0.2) is 0 Å². The molecule has 1 N–H and O–H groups in total. The fourth-order valence-electron chi connectivity index (χ4n) is 3.25. The van der Waals surface area contributed by atoms with Crippen molar-refractivity contribution in [3.05, 3.63) is 65.2 Å². The number of rotatable bonds is 4. The molecule has 1 fully saturated rings. The van der Waals surface area contributed by atoms with Crippen molar-refractivity contribution in [1.29, 1.82) is 5.26 Å². The van der Waals surface area contributed by atoms with E-state index in [2.05, 4.69) is 5.32 Å². The maximum atomic E-state index is 12.8. The van der Waals surface area contributed by atoms with E-state index in [1.54, 1.807) is 18.2 Å². The molecule has 1 amide bonds. The molecule has 7 heteroatoms. The lowest BCUT2D eigenvalue weighted by atomic mass is 10.0. The molecule has 3 rings (SSSR count). The number of amides is 1. The van der Waals surface area contributed by atoms with Crippen LogP contribution in [0.25, 0.3) is 0 Å². The number of nitriles is 1. The van der Waals surface area contributed by atoms with E-state index in [4.69, 9.17) is 0 Å². The Kier molecular flexibility index (Phi) is 5.59. The van der Waals surface area contributed by atoms with E-state index in [9.17, 15) is 18.5 Å². The van der Waals surface area contributed by atoms with E-state index >= 15 is 0 Å². The second-order valence-electron chi connectivity index (χ2n) is 6.57. The highest BCUT2D eigenvalue weighted by atomic mass is 32.2. The fourth-order valence-corrected chi connectivity index (χ4v) is 4.87. The molecule has 6 nitrogen and oxygen atoms in total. The van der Waals surface area contributed by atoms with Crippen LogP contribution in [0.2, 0.25) is 0 Å². The molecule has 1 heterocycles. The summed E-state index contributed by atoms with van der Waals surface area (Å²) in [6, 6.07) is 15.5. The first-order valence-electron chi connectivity index (χ1n) is 8.79. The van der Waals surface area contributed by atoms with Gasteiger partial charge in [0.25, 0.3) is 5.91 Å². The lowest BCUT2D eigenvalue weighted by Gasteiger charge is -2.31. The number of hydrogen-bond donors (Lipinski definition) is 1. The first kappa shape index (κ1) is 19.1. The molecule has 0 aliphatic carbocycles. The molecule has 2 aromatic rings. The molecular formula is C20H21N3O3S. The van der Waals surface area contributed by atoms with Gasteiger partial charge in [-0.1, -0.05) is 30.3 Å². The fraction of sp³-hybridized carbons (Fsp3) is 0.300. The summed E-state index contributed by atoms with van der Waals surface area (Å²) in [5, 5.41) is 12.2. The van der Waals surface area contributed by atoms with Gasteiger partial charge in [-0.15, -0.1) is 0 Å². The van der Waals surface area contributed by atoms with Crippen LogP contribution in [0.4, 0.5) is 0 Å². The number of sulfonamides is 1. The quantitative estimate of drug-likeness (QED) is 0.878. The van der Waals surface area contributed by atoms with Crippen molar-refractivity contribution >= 4 is 15.9 Å². The standard InChI is InChI=1S/C20H21N3O3S/c1-15-6-2-4-8-18(15)20(24)22-17-10-12-23(13-11-17)27(25,26)19-9-5-3-7-16(19)14-21/h2-9,17H,10-13H2,1H3,(H,22,24). The molecule has 2 aromatic carbocycles. The van der Waals surface area contributed by atoms with Crippen LogP contribution in [0.15, 0.2) is 53.4 Å². The van der Waals surface area contributed by atoms with Crippen molar-refractivity contribution in [3.8, 4) is 6.07 Å². The van der Waals surface area contributed by atoms with Crippen molar-refractivity contribution < 1.29 is 13.2 Å². The lowest BCUT2D eigenvalue weighted by Crippen LogP contribution is -2.46. The summed E-state index contributed by atoms with van der Waals surface area (Å²) in [5.74, 6) is -0.135. The van der Waals surface area contributed by atoms with Gasteiger partial charge in [-0.3, -0.25) is 4.79 Å². The molecule has 0 saturated carbocycles. The van der Waals surface area contributed by atoms with Crippen LogP contribution >= 0.6 is 0 Å². The molecule has 0 unspecified atom stereocenters. The first-order valence-corrected chi connectivity index (χ1v) is 10.2. The number of nitrogens with zero attached hydrogens (tertiary/aromatic N) is 2. The maximum Gasteiger partial charge on any atom is 0.251 e. The molecule has 0 bridgehead atoms. The third kappa shape index (κ3) is 4.02. The minimum Gasteiger partial charge on any atom is -0.349 e. The van der Waals surface area contributed by atoms with Crippen LogP contribution in [0, 0.1) is 18.3 Å². The highest BCUT2D eigenvalue weighted by Gasteiger charge is 2.31. The van der Waals surface area contributed by atoms with Crippen molar-refractivity contribution in [2.24, 2.45) is 0 Å². The van der Waals surface area contributed by atoms with Crippen LogP contribution in [0.3, 0.4) is 0 Å². The highest BCUT2D eigenvalue weighted by molar-refractivity contribution is 7.89. The van der Waals surface area contributed by atoms with E-state index < -0.39 is 10.0 Å². The number of hydrogen-bond acceptors (Lipinski definition) is 4. The van der Waals surface area contributed by atoms with E-state index in [0.29, 0.717) is 31.5 Å². The van der Waals surface area contributed by atoms with E-state index in [1.807, 2.05) is 31.2 Å². The molecule has 1 aliphatic heterocycles. The van der Waals surface area contributed by atoms with Crippen molar-refractivity contribution in [2.45, 2.75) is 30.7 Å². The minimum absolute atomic E-state index is 0.0369. The minimum atomic E-state index is -3.72. The van der Waals surface area contributed by atoms with Crippen LogP contribution in [0.1, 0.15) is 34.3 Å². The Morgan fingerprint density at radius 1 is 1.11 bits per heavy atom. The zero-order chi connectivity index (χ0) is 19.4. The summed E-state index contributed by atoms with van der Waals surface area (Å²) in [6.07, 6.45) is 1.07. The van der Waals surface area contributed by atoms with Gasteiger partial charge in [0.05, 0.1) is 10.5 Å². The third-order valence-electron chi connectivity index (χ3n) is 4.80. The summed E-state index contributed by atoms with van der Waals surface area (Å²) >= 11 is 0. The molecule has 0 spiro atoms. The highest BCUT2D eigenvalue weighted by Crippen LogP contribution is 2.23. The predicted molar refractivity (Wildman–Crippen MR) is 102 cm³/mol. The Labute approximate surface area is 159 Å². The zero-order valence-electron chi connectivity index (χ0n) is 15.1. The molecule has 140 valence electrons. The van der Waals surface area contributed by atoms with Crippen LogP contribution in [-0.4, -0.2) is 37.8 Å². The smallest absolute Gasteiger partial charge is 0.251 e. The molecule has 0 atom stereocenters. The van der Waals surface area contributed by atoms with Crippen molar-refractivity contribution in [3.63, 3.8) is 0 Å². The summed E-state index contributed by atoms with van der Waals surface area (Å²) in [5.41, 5.74) is 1.69. The summed E-state index contributed by atoms with van der Waals surface area (Å²) < 4.78 is 27.1. The van der Waals surface area contributed by atoms with Gasteiger partial charge in [-0.2, -0.15) is 9.57 Å². The molecule has 0 aromatic heterocycles. The maximum absolute atomic E-state index is 12.8. The second-order valence-corrected chi connectivity index (χ2v) is 8.48. The average Bonchev–Trinajstić information content (AvgIpc) is 2.68. The van der Waals surface area contributed by atoms with Crippen molar-refractivity contribution in [2.75, 3.05) is 13.1 Å². The van der Waals surface area contributed by atoms with Crippen LogP contribution < -0.4 is 5.32 Å². The number of benzene rings is 2. The first-order chi connectivity index (χ1) is 12.9. The van der Waals surface area contributed by atoms with E-state index in [1.165, 1.54) is 16.4 Å². The van der Waals surface area contributed by atoms with Gasteiger partial charge in [-0.25, -0.2) is 8.42 Å². The number of nitrogens with one attached hydrogen (secondary N) is 1. The summed E-state index contributed by atoms with van der Waals surface area (Å²) in [7, 11) is -3.72. The third-order valence-corrected chi connectivity index (χ3v) is 6.76. The Morgan fingerprint density at radius 2 is 1.74 bits per heavy atom. The molecule has 27 heavy (non-hydrogen) atoms. The molecular weight excluding hydrogens is 362 g/mol. The van der Waals surface area contributed by atoms with Gasteiger partial charge < -0.3 is 5.32 Å². The number of piperidine rings is 1. The Morgan fingerprint density at radius 3 is 2.41 bits per heavy atom. The molecule has 1 saturated heterocycles. The number of aryl methyl sites for hydroxylation is 1. The normalized spacial score (nSPS) is 15.9. The van der Waals surface area contributed by atoms with E-state index in [-0.39, 0.29) is 22.4 Å². The monoisotopic (exact) mass is 383 g/mol. The van der Waals surface area contributed by atoms with Crippen LogP contribution in [0.5, 0.6) is 0 Å². The van der Waals surface area contributed by atoms with Gasteiger partial charge >= 0.3 is 0 Å². The van der Waals surface area contributed by atoms with Crippen LogP contribution in [-0.2, 0) is 10.0 Å². The topological polar surface area (TPSA) is 90.3 Å². The van der Waals surface area contributed by atoms with Gasteiger partial charge in [0.2, 0.25) is 10.0 Å². The average molecular weight is 383 g/mol.